The molecule has 4 rings (SSSR count). The van der Waals surface area contributed by atoms with Gasteiger partial charge in [-0.25, -0.2) is 17.9 Å². The highest BCUT2D eigenvalue weighted by Crippen LogP contribution is 2.46. The van der Waals surface area contributed by atoms with Crippen LogP contribution in [-0.2, 0) is 55.4 Å². The second-order valence-electron chi connectivity index (χ2n) is 19.9. The minimum atomic E-state index is -5.10. The molecule has 0 spiro atoms. The van der Waals surface area contributed by atoms with Crippen LogP contribution in [0.1, 0.15) is 105 Å². The fourth-order valence-electron chi connectivity index (χ4n) is 9.04. The van der Waals surface area contributed by atoms with Crippen molar-refractivity contribution in [2.75, 3.05) is 34.4 Å². The fraction of sp³-hybridized carbons (Fsp3) is 0.653. The van der Waals surface area contributed by atoms with Crippen LogP contribution in [0.4, 0.5) is 18.0 Å². The Bertz CT molecular complexity index is 2170. The molecule has 1 saturated carbocycles. The van der Waals surface area contributed by atoms with Gasteiger partial charge in [0.25, 0.3) is 15.9 Å². The van der Waals surface area contributed by atoms with Gasteiger partial charge in [-0.1, -0.05) is 83.5 Å². The van der Waals surface area contributed by atoms with Crippen molar-refractivity contribution in [1.29, 1.82) is 0 Å². The summed E-state index contributed by atoms with van der Waals surface area (Å²) in [4.78, 5) is 70.4. The lowest BCUT2D eigenvalue weighted by molar-refractivity contribution is -0.174. The zero-order valence-corrected chi connectivity index (χ0v) is 42.6. The SMILES string of the molecule is CC[C@H](C)[C@@H]([C@@H](CC(=O)N1CCC[C@H]1[C@H](OC)[C@@H](C)C(=O)N[C@@H](Cc1ccccc1)C(=O)NS(=O)(=O)c1ccc(C2(NC(=O)C(F)(F)F)CC2)cc1)OC)N(C)C[C@@H](NC(=O)OC(C)(C)C)C(C)C. The smallest absolute Gasteiger partial charge is 0.444 e. The molecule has 2 aromatic carbocycles. The molecule has 386 valence electrons. The molecule has 16 nitrogen and oxygen atoms in total. The molecule has 0 bridgehead atoms. The zero-order chi connectivity index (χ0) is 51.6. The molecule has 2 aliphatic rings. The van der Waals surface area contributed by atoms with Crippen molar-refractivity contribution in [3.05, 3.63) is 65.7 Å². The highest BCUT2D eigenvalue weighted by atomic mass is 32.2. The Morgan fingerprint density at radius 1 is 0.899 bits per heavy atom. The quantitative estimate of drug-likeness (QED) is 0.104. The molecule has 8 atom stereocenters. The molecule has 0 unspecified atom stereocenters. The average molecular weight is 995 g/mol. The summed E-state index contributed by atoms with van der Waals surface area (Å²) < 4.78 is 85.7. The van der Waals surface area contributed by atoms with E-state index in [1.54, 1.807) is 70.0 Å². The van der Waals surface area contributed by atoms with E-state index in [4.69, 9.17) is 14.2 Å². The summed E-state index contributed by atoms with van der Waals surface area (Å²) in [7, 11) is 0.409. The third-order valence-electron chi connectivity index (χ3n) is 13.2. The molecule has 1 aliphatic heterocycles. The number of likely N-dealkylation sites (tertiary alicyclic amines) is 1. The number of halogens is 3. The first-order chi connectivity index (χ1) is 32.2. The van der Waals surface area contributed by atoms with Crippen LogP contribution in [0.15, 0.2) is 59.5 Å². The summed E-state index contributed by atoms with van der Waals surface area (Å²) in [5.41, 5.74) is -1.07. The number of nitrogens with one attached hydrogen (secondary N) is 4. The van der Waals surface area contributed by atoms with Crippen molar-refractivity contribution in [3.8, 4) is 0 Å². The van der Waals surface area contributed by atoms with Gasteiger partial charge in [-0.3, -0.25) is 24.1 Å². The third-order valence-corrected chi connectivity index (χ3v) is 14.6. The number of rotatable bonds is 23. The Morgan fingerprint density at radius 2 is 1.52 bits per heavy atom. The second kappa shape index (κ2) is 23.9. The van der Waals surface area contributed by atoms with Gasteiger partial charge in [0.15, 0.2) is 0 Å². The number of carbonyl (C=O) groups excluding carboxylic acids is 5. The molecule has 2 fully saturated rings. The maximum Gasteiger partial charge on any atom is 0.471 e. The Balaban J connectivity index is 1.49. The van der Waals surface area contributed by atoms with Crippen LogP contribution in [-0.4, -0.2) is 130 Å². The predicted molar refractivity (Wildman–Crippen MR) is 253 cm³/mol. The van der Waals surface area contributed by atoms with Gasteiger partial charge in [0.1, 0.15) is 11.6 Å². The number of likely N-dealkylation sites (N-methyl/N-ethyl adjacent to an activating group) is 1. The van der Waals surface area contributed by atoms with E-state index >= 15 is 0 Å². The minimum Gasteiger partial charge on any atom is -0.444 e. The van der Waals surface area contributed by atoms with Gasteiger partial charge in [0.05, 0.1) is 41.0 Å². The lowest BCUT2D eigenvalue weighted by atomic mass is 9.89. The minimum absolute atomic E-state index is 0.0290. The number of alkyl carbamates (subject to hydrolysis) is 1. The van der Waals surface area contributed by atoms with E-state index in [0.29, 0.717) is 31.5 Å². The number of alkyl halides is 3. The molecule has 0 radical (unpaired) electrons. The molecule has 1 heterocycles. The standard InChI is InChI=1S/C49H73F3N6O10S/c1-12-31(4)41(57(9)29-37(30(2)3)54-46(63)68-47(6,7)8)39(66-10)28-40(59)58-26-16-19-38(58)42(67-11)32(5)43(60)53-36(27-33-17-14-13-15-18-33)44(61)56-69(64,65)35-22-20-34(21-23-35)48(24-25-48)55-45(62)49(50,51)52/h13-15,17-18,20-23,30-32,36-39,41-42H,12,16,19,24-29H2,1-11H3,(H,53,60)(H,54,63)(H,55,62)(H,56,61)/t31-,32+,36-,37+,38-,39+,41-,42+/m0/s1. The number of hydrogen-bond acceptors (Lipinski definition) is 11. The number of benzene rings is 2. The molecule has 69 heavy (non-hydrogen) atoms. The number of methoxy groups -OCH3 is 2. The van der Waals surface area contributed by atoms with Crippen molar-refractivity contribution in [2.24, 2.45) is 17.8 Å². The van der Waals surface area contributed by atoms with Gasteiger partial charge in [-0.05, 0) is 88.6 Å². The van der Waals surface area contributed by atoms with E-state index in [2.05, 4.69) is 29.4 Å². The highest BCUT2D eigenvalue weighted by Gasteiger charge is 2.51. The number of sulfonamides is 1. The first-order valence-corrected chi connectivity index (χ1v) is 25.1. The van der Waals surface area contributed by atoms with Crippen LogP contribution in [0.2, 0.25) is 0 Å². The number of hydrogen-bond donors (Lipinski definition) is 4. The van der Waals surface area contributed by atoms with Crippen LogP contribution in [0.3, 0.4) is 0 Å². The van der Waals surface area contributed by atoms with Gasteiger partial charge >= 0.3 is 18.2 Å². The van der Waals surface area contributed by atoms with E-state index in [0.717, 1.165) is 18.6 Å². The molecule has 0 aromatic heterocycles. The normalized spacial score (nSPS) is 19.1. The van der Waals surface area contributed by atoms with Crippen LogP contribution >= 0.6 is 0 Å². The second-order valence-corrected chi connectivity index (χ2v) is 21.5. The summed E-state index contributed by atoms with van der Waals surface area (Å²) in [5.74, 6) is -4.74. The Hall–Kier alpha value is -4.79. The monoisotopic (exact) mass is 995 g/mol. The number of nitrogens with zero attached hydrogens (tertiary/aromatic N) is 2. The van der Waals surface area contributed by atoms with Crippen LogP contribution in [0.5, 0.6) is 0 Å². The number of amides is 5. The van der Waals surface area contributed by atoms with Crippen LogP contribution in [0, 0.1) is 17.8 Å². The largest absolute Gasteiger partial charge is 0.471 e. The summed E-state index contributed by atoms with van der Waals surface area (Å²) >= 11 is 0. The molecule has 5 amide bonds. The average Bonchev–Trinajstić information content (AvgIpc) is 3.89. The Kier molecular flexibility index (Phi) is 19.7. The van der Waals surface area contributed by atoms with E-state index in [1.165, 1.54) is 19.2 Å². The van der Waals surface area contributed by atoms with Crippen LogP contribution in [0.25, 0.3) is 0 Å². The third kappa shape index (κ3) is 15.6. The lowest BCUT2D eigenvalue weighted by Gasteiger charge is -2.41. The first-order valence-electron chi connectivity index (χ1n) is 23.6. The van der Waals surface area contributed by atoms with E-state index in [1.807, 2.05) is 30.9 Å². The van der Waals surface area contributed by atoms with Crippen molar-refractivity contribution >= 4 is 39.7 Å². The van der Waals surface area contributed by atoms with Crippen molar-refractivity contribution in [3.63, 3.8) is 0 Å². The molecule has 4 N–H and O–H groups in total. The van der Waals surface area contributed by atoms with E-state index in [-0.39, 0.29) is 66.0 Å². The maximum absolute atomic E-state index is 14.4. The van der Waals surface area contributed by atoms with Crippen molar-refractivity contribution in [2.45, 2.75) is 159 Å². The van der Waals surface area contributed by atoms with E-state index < -0.39 is 81.4 Å². The maximum atomic E-state index is 14.4. The molecule has 20 heteroatoms. The zero-order valence-electron chi connectivity index (χ0n) is 41.8. The van der Waals surface area contributed by atoms with Gasteiger partial charge in [0.2, 0.25) is 11.8 Å². The predicted octanol–water partition coefficient (Wildman–Crippen LogP) is 5.83. The lowest BCUT2D eigenvalue weighted by Crippen LogP contribution is -2.56. The van der Waals surface area contributed by atoms with Crippen molar-refractivity contribution in [1.82, 2.24) is 30.5 Å². The van der Waals surface area contributed by atoms with Crippen LogP contribution < -0.4 is 20.7 Å². The van der Waals surface area contributed by atoms with Gasteiger partial charge in [-0.2, -0.15) is 13.2 Å². The summed E-state index contributed by atoms with van der Waals surface area (Å²) in [6, 6.07) is 11.1. The highest BCUT2D eigenvalue weighted by molar-refractivity contribution is 7.90. The molecular weight excluding hydrogens is 922 g/mol. The number of carbonyl (C=O) groups is 5. The van der Waals surface area contributed by atoms with Gasteiger partial charge < -0.3 is 35.1 Å². The van der Waals surface area contributed by atoms with Crippen molar-refractivity contribution < 1.29 is 59.8 Å². The molecular formula is C49H73F3N6O10S. The summed E-state index contributed by atoms with van der Waals surface area (Å²) in [6.45, 7) is 16.1. The summed E-state index contributed by atoms with van der Waals surface area (Å²) in [5, 5.41) is 7.73. The van der Waals surface area contributed by atoms with Gasteiger partial charge in [-0.15, -0.1) is 0 Å². The molecule has 1 saturated heterocycles. The Morgan fingerprint density at radius 3 is 2.04 bits per heavy atom. The Labute approximate surface area is 405 Å². The number of ether oxygens (including phenoxy) is 3. The topological polar surface area (TPSA) is 202 Å². The first kappa shape index (κ1) is 56.8. The summed E-state index contributed by atoms with van der Waals surface area (Å²) in [6.07, 6.45) is -4.63. The molecule has 2 aromatic rings. The molecule has 1 aliphatic carbocycles. The van der Waals surface area contributed by atoms with Gasteiger partial charge in [0, 0.05) is 45.8 Å². The van der Waals surface area contributed by atoms with E-state index in [9.17, 15) is 45.6 Å². The fourth-order valence-corrected chi connectivity index (χ4v) is 10.1.